The van der Waals surface area contributed by atoms with Crippen molar-refractivity contribution < 1.29 is 14.3 Å². The number of amides is 2. The molecule has 0 aliphatic heterocycles. The van der Waals surface area contributed by atoms with Gasteiger partial charge in [0, 0.05) is 24.5 Å². The molecule has 2 aromatic carbocycles. The fourth-order valence-corrected chi connectivity index (χ4v) is 3.19. The van der Waals surface area contributed by atoms with E-state index in [1.807, 2.05) is 35.0 Å². The summed E-state index contributed by atoms with van der Waals surface area (Å²) in [6.45, 7) is 4.21. The van der Waals surface area contributed by atoms with E-state index in [1.165, 1.54) is 0 Å². The Morgan fingerprint density at radius 1 is 1.03 bits per heavy atom. The molecule has 2 aromatic heterocycles. The smallest absolute Gasteiger partial charge is 0.255 e. The van der Waals surface area contributed by atoms with E-state index in [0.29, 0.717) is 29.1 Å². The molecule has 0 spiro atoms. The number of hydrogen-bond acceptors (Lipinski definition) is 4. The van der Waals surface area contributed by atoms with Crippen molar-refractivity contribution in [2.24, 2.45) is 0 Å². The van der Waals surface area contributed by atoms with Gasteiger partial charge >= 0.3 is 0 Å². The molecule has 7 heteroatoms. The molecule has 0 fully saturated rings. The van der Waals surface area contributed by atoms with Crippen LogP contribution < -0.4 is 15.4 Å². The first-order chi connectivity index (χ1) is 15.6. The minimum Gasteiger partial charge on any atom is -0.487 e. The lowest BCUT2D eigenvalue weighted by Crippen LogP contribution is -2.25. The van der Waals surface area contributed by atoms with Crippen LogP contribution in [0.5, 0.6) is 5.75 Å². The van der Waals surface area contributed by atoms with Crippen molar-refractivity contribution in [2.45, 2.75) is 6.61 Å². The second-order valence-corrected chi connectivity index (χ2v) is 7.01. The van der Waals surface area contributed by atoms with Crippen LogP contribution in [0.4, 0.5) is 5.69 Å². The van der Waals surface area contributed by atoms with Gasteiger partial charge in [0.2, 0.25) is 0 Å². The summed E-state index contributed by atoms with van der Waals surface area (Å²) >= 11 is 0. The Labute approximate surface area is 185 Å². The summed E-state index contributed by atoms with van der Waals surface area (Å²) in [6, 6.07) is 19.5. The quantitative estimate of drug-likeness (QED) is 0.416. The number of carbonyl (C=O) groups excluding carboxylic acids is 2. The zero-order valence-corrected chi connectivity index (χ0v) is 17.3. The Kier molecular flexibility index (Phi) is 6.27. The van der Waals surface area contributed by atoms with E-state index < -0.39 is 0 Å². The van der Waals surface area contributed by atoms with Gasteiger partial charge in [-0.25, -0.2) is 4.98 Å². The molecule has 7 nitrogen and oxygen atoms in total. The Bertz CT molecular complexity index is 1250. The van der Waals surface area contributed by atoms with Crippen LogP contribution in [-0.2, 0) is 6.61 Å². The number of fused-ring (bicyclic) bond motifs is 1. The summed E-state index contributed by atoms with van der Waals surface area (Å²) in [4.78, 5) is 29.7. The van der Waals surface area contributed by atoms with Crippen molar-refractivity contribution >= 4 is 23.1 Å². The maximum Gasteiger partial charge on any atom is 0.255 e. The van der Waals surface area contributed by atoms with Crippen LogP contribution in [0, 0.1) is 0 Å². The molecule has 32 heavy (non-hydrogen) atoms. The highest BCUT2D eigenvalue weighted by Crippen LogP contribution is 2.19. The predicted molar refractivity (Wildman–Crippen MR) is 123 cm³/mol. The standard InChI is InChI=1S/C25H22N4O3/c1-2-13-26-25(31)21-10-3-4-11-22(21)28-24(30)18-8-7-9-20(15-18)32-17-19-16-29-14-6-5-12-23(29)27-19/h2-12,14-16H,1,13,17H2,(H,26,31)(H,28,30). The molecule has 0 radical (unpaired) electrons. The average molecular weight is 426 g/mol. The highest BCUT2D eigenvalue weighted by atomic mass is 16.5. The van der Waals surface area contributed by atoms with Crippen molar-refractivity contribution in [3.05, 3.63) is 109 Å². The molecule has 0 saturated carbocycles. The van der Waals surface area contributed by atoms with E-state index >= 15 is 0 Å². The number of anilines is 1. The maximum atomic E-state index is 12.8. The zero-order chi connectivity index (χ0) is 22.3. The molecule has 2 amide bonds. The number of benzene rings is 2. The van der Waals surface area contributed by atoms with E-state index in [4.69, 9.17) is 4.74 Å². The van der Waals surface area contributed by atoms with E-state index in [0.717, 1.165) is 11.3 Å². The van der Waals surface area contributed by atoms with Crippen LogP contribution in [0.3, 0.4) is 0 Å². The van der Waals surface area contributed by atoms with E-state index in [2.05, 4.69) is 22.2 Å². The third-order valence-corrected chi connectivity index (χ3v) is 4.72. The van der Waals surface area contributed by atoms with E-state index in [-0.39, 0.29) is 18.4 Å². The first-order valence-electron chi connectivity index (χ1n) is 10.1. The number of hydrogen-bond donors (Lipinski definition) is 2. The summed E-state index contributed by atoms with van der Waals surface area (Å²) in [5.74, 6) is -0.0794. The monoisotopic (exact) mass is 426 g/mol. The number of para-hydroxylation sites is 1. The summed E-state index contributed by atoms with van der Waals surface area (Å²) < 4.78 is 7.76. The first-order valence-corrected chi connectivity index (χ1v) is 10.1. The number of rotatable bonds is 8. The number of ether oxygens (including phenoxy) is 1. The third-order valence-electron chi connectivity index (χ3n) is 4.72. The van der Waals surface area contributed by atoms with Crippen LogP contribution >= 0.6 is 0 Å². The summed E-state index contributed by atoms with van der Waals surface area (Å²) in [7, 11) is 0. The van der Waals surface area contributed by atoms with Gasteiger partial charge in [0.25, 0.3) is 11.8 Å². The van der Waals surface area contributed by atoms with Crippen molar-refractivity contribution in [2.75, 3.05) is 11.9 Å². The fraction of sp³-hybridized carbons (Fsp3) is 0.0800. The first kappa shape index (κ1) is 20.9. The molecule has 0 saturated heterocycles. The Morgan fingerprint density at radius 2 is 1.88 bits per heavy atom. The number of pyridine rings is 1. The zero-order valence-electron chi connectivity index (χ0n) is 17.3. The molecule has 4 rings (SSSR count). The Balaban J connectivity index is 1.44. The Morgan fingerprint density at radius 3 is 2.72 bits per heavy atom. The molecule has 160 valence electrons. The number of aromatic nitrogens is 2. The van der Waals surface area contributed by atoms with Crippen molar-refractivity contribution in [3.63, 3.8) is 0 Å². The topological polar surface area (TPSA) is 84.7 Å². The lowest BCUT2D eigenvalue weighted by atomic mass is 10.1. The van der Waals surface area contributed by atoms with Gasteiger partial charge in [0.05, 0.1) is 16.9 Å². The largest absolute Gasteiger partial charge is 0.487 e. The summed E-state index contributed by atoms with van der Waals surface area (Å²) in [5, 5.41) is 5.52. The lowest BCUT2D eigenvalue weighted by molar-refractivity contribution is 0.0959. The van der Waals surface area contributed by atoms with Crippen LogP contribution in [0.1, 0.15) is 26.4 Å². The van der Waals surface area contributed by atoms with Gasteiger partial charge in [-0.05, 0) is 42.5 Å². The third kappa shape index (κ3) is 4.84. The van der Waals surface area contributed by atoms with Crippen LogP contribution in [0.25, 0.3) is 5.65 Å². The predicted octanol–water partition coefficient (Wildman–Crippen LogP) is 4.08. The lowest BCUT2D eigenvalue weighted by Gasteiger charge is -2.11. The average Bonchev–Trinajstić information content (AvgIpc) is 3.25. The minimum atomic E-state index is -0.341. The van der Waals surface area contributed by atoms with Gasteiger partial charge in [-0.3, -0.25) is 9.59 Å². The maximum absolute atomic E-state index is 12.8. The molecular formula is C25H22N4O3. The second kappa shape index (κ2) is 9.61. The molecule has 2 heterocycles. The van der Waals surface area contributed by atoms with E-state index in [9.17, 15) is 9.59 Å². The van der Waals surface area contributed by atoms with Gasteiger partial charge in [-0.15, -0.1) is 6.58 Å². The van der Waals surface area contributed by atoms with Crippen LogP contribution in [0.2, 0.25) is 0 Å². The normalized spacial score (nSPS) is 10.5. The molecule has 4 aromatic rings. The molecule has 0 aliphatic rings. The Hall–Kier alpha value is -4.39. The highest BCUT2D eigenvalue weighted by Gasteiger charge is 2.14. The summed E-state index contributed by atoms with van der Waals surface area (Å²) in [5.41, 5.74) is 2.84. The van der Waals surface area contributed by atoms with Gasteiger partial charge in [-0.1, -0.05) is 30.3 Å². The number of imidazole rings is 1. The van der Waals surface area contributed by atoms with Gasteiger partial charge in [0.1, 0.15) is 18.0 Å². The number of nitrogens with one attached hydrogen (secondary N) is 2. The molecule has 0 unspecified atom stereocenters. The molecular weight excluding hydrogens is 404 g/mol. The van der Waals surface area contributed by atoms with E-state index in [1.54, 1.807) is 54.6 Å². The van der Waals surface area contributed by atoms with Crippen LogP contribution in [-0.4, -0.2) is 27.7 Å². The van der Waals surface area contributed by atoms with Gasteiger partial charge in [0.15, 0.2) is 0 Å². The molecule has 0 aliphatic carbocycles. The molecule has 0 atom stereocenters. The van der Waals surface area contributed by atoms with Crippen LogP contribution in [0.15, 0.2) is 91.8 Å². The minimum absolute atomic E-state index is 0.277. The molecule has 0 bridgehead atoms. The summed E-state index contributed by atoms with van der Waals surface area (Å²) in [6.07, 6.45) is 5.42. The van der Waals surface area contributed by atoms with Gasteiger partial charge in [-0.2, -0.15) is 0 Å². The number of carbonyl (C=O) groups is 2. The van der Waals surface area contributed by atoms with Gasteiger partial charge < -0.3 is 19.8 Å². The van der Waals surface area contributed by atoms with Crippen molar-refractivity contribution in [1.82, 2.24) is 14.7 Å². The molecule has 2 N–H and O–H groups in total. The van der Waals surface area contributed by atoms with Crippen molar-refractivity contribution in [1.29, 1.82) is 0 Å². The number of nitrogens with zero attached hydrogens (tertiary/aromatic N) is 2. The second-order valence-electron chi connectivity index (χ2n) is 7.01. The highest BCUT2D eigenvalue weighted by molar-refractivity contribution is 6.09. The SMILES string of the molecule is C=CCNC(=O)c1ccccc1NC(=O)c1cccc(OCc2cn3ccccc3n2)c1. The fourth-order valence-electron chi connectivity index (χ4n) is 3.19. The van der Waals surface area contributed by atoms with Crippen molar-refractivity contribution in [3.8, 4) is 5.75 Å².